The third-order valence-corrected chi connectivity index (χ3v) is 8.60. The van der Waals surface area contributed by atoms with Crippen molar-refractivity contribution in [2.24, 2.45) is 0 Å². The molecule has 9 nitrogen and oxygen atoms in total. The smallest absolute Gasteiger partial charge is 0.220 e. The first-order valence-electron chi connectivity index (χ1n) is 16.3. The van der Waals surface area contributed by atoms with Gasteiger partial charge in [-0.3, -0.25) is 14.5 Å². The maximum atomic E-state index is 12.3. The zero-order chi connectivity index (χ0) is 32.9. The lowest BCUT2D eigenvalue weighted by atomic mass is 9.98. The Hall–Kier alpha value is -3.60. The van der Waals surface area contributed by atoms with Gasteiger partial charge < -0.3 is 30.3 Å². The zero-order valence-electron chi connectivity index (χ0n) is 27.2. The summed E-state index contributed by atoms with van der Waals surface area (Å²) in [6.45, 7) is 5.19. The van der Waals surface area contributed by atoms with Crippen LogP contribution < -0.4 is 10.6 Å². The number of aliphatic hydroxyl groups is 2. The van der Waals surface area contributed by atoms with E-state index in [2.05, 4.69) is 15.5 Å². The molecule has 248 valence electrons. The number of unbranched alkanes of at least 4 members (excludes halogenated alkanes) is 2. The number of aliphatic hydroxyl groups excluding tert-OH is 2. The van der Waals surface area contributed by atoms with Crippen LogP contribution in [0.15, 0.2) is 78.9 Å². The molecule has 1 fully saturated rings. The number of likely N-dealkylation sites (N-methyl/N-ethyl adjacent to an activating group) is 1. The summed E-state index contributed by atoms with van der Waals surface area (Å²) in [6, 6.07) is 25.3. The van der Waals surface area contributed by atoms with Crippen LogP contribution in [0, 0.1) is 0 Å². The highest BCUT2D eigenvalue weighted by atomic mass is 16.7. The lowest BCUT2D eigenvalue weighted by Crippen LogP contribution is -2.43. The quantitative estimate of drug-likeness (QED) is 0.163. The molecule has 0 aromatic heterocycles. The van der Waals surface area contributed by atoms with Gasteiger partial charge in [0, 0.05) is 51.0 Å². The van der Waals surface area contributed by atoms with Gasteiger partial charge in [-0.15, -0.1) is 0 Å². The average molecular weight is 632 g/mol. The van der Waals surface area contributed by atoms with E-state index < -0.39 is 12.4 Å². The number of hydrogen-bond acceptors (Lipinski definition) is 7. The number of carbonyl (C=O) groups excluding carboxylic acids is 2. The Kier molecular flexibility index (Phi) is 13.7. The zero-order valence-corrected chi connectivity index (χ0v) is 27.2. The minimum Gasteiger partial charge on any atom is -0.392 e. The number of amides is 2. The first kappa shape index (κ1) is 35.3. The molecular formula is C37H49N3O6. The second-order valence-electron chi connectivity index (χ2n) is 12.2. The Labute approximate surface area is 272 Å². The first-order valence-corrected chi connectivity index (χ1v) is 16.3. The Morgan fingerprint density at radius 3 is 2.24 bits per heavy atom. The van der Waals surface area contributed by atoms with E-state index in [1.54, 1.807) is 0 Å². The summed E-state index contributed by atoms with van der Waals surface area (Å²) in [5.41, 5.74) is 4.61. The van der Waals surface area contributed by atoms with E-state index in [1.807, 2.05) is 92.8 Å². The van der Waals surface area contributed by atoms with Crippen molar-refractivity contribution in [3.63, 3.8) is 0 Å². The van der Waals surface area contributed by atoms with Crippen LogP contribution in [0.3, 0.4) is 0 Å². The van der Waals surface area contributed by atoms with E-state index >= 15 is 0 Å². The Morgan fingerprint density at radius 1 is 0.891 bits per heavy atom. The molecule has 1 saturated heterocycles. The van der Waals surface area contributed by atoms with Crippen molar-refractivity contribution in [1.82, 2.24) is 15.5 Å². The molecule has 0 radical (unpaired) electrons. The van der Waals surface area contributed by atoms with Gasteiger partial charge >= 0.3 is 0 Å². The Morgan fingerprint density at radius 2 is 1.57 bits per heavy atom. The molecule has 4 rings (SSSR count). The van der Waals surface area contributed by atoms with Gasteiger partial charge in [-0.25, -0.2) is 0 Å². The number of rotatable bonds is 16. The molecular weight excluding hydrogens is 582 g/mol. The van der Waals surface area contributed by atoms with E-state index in [0.717, 1.165) is 47.1 Å². The number of benzene rings is 3. The van der Waals surface area contributed by atoms with Crippen molar-refractivity contribution in [3.8, 4) is 0 Å². The van der Waals surface area contributed by atoms with E-state index in [-0.39, 0.29) is 36.7 Å². The van der Waals surface area contributed by atoms with Crippen LogP contribution in [0.25, 0.3) is 0 Å². The molecule has 1 aliphatic heterocycles. The number of ether oxygens (including phenoxy) is 2. The first-order chi connectivity index (χ1) is 22.2. The summed E-state index contributed by atoms with van der Waals surface area (Å²) in [7, 11) is 2.00. The largest absolute Gasteiger partial charge is 0.392 e. The highest BCUT2D eigenvalue weighted by Gasteiger charge is 2.34. The van der Waals surface area contributed by atoms with Gasteiger partial charge in [-0.05, 0) is 49.1 Å². The highest BCUT2D eigenvalue weighted by Crippen LogP contribution is 2.38. The number of nitrogens with one attached hydrogen (secondary N) is 2. The van der Waals surface area contributed by atoms with E-state index in [1.165, 1.54) is 6.92 Å². The van der Waals surface area contributed by atoms with E-state index in [0.29, 0.717) is 32.5 Å². The fourth-order valence-corrected chi connectivity index (χ4v) is 5.62. The minimum absolute atomic E-state index is 0.0104. The summed E-state index contributed by atoms with van der Waals surface area (Å²) in [4.78, 5) is 25.4. The summed E-state index contributed by atoms with van der Waals surface area (Å²) >= 11 is 0. The third-order valence-electron chi connectivity index (χ3n) is 8.60. The van der Waals surface area contributed by atoms with Crippen molar-refractivity contribution in [1.29, 1.82) is 0 Å². The van der Waals surface area contributed by atoms with Crippen LogP contribution in [0.4, 0.5) is 0 Å². The molecule has 3 aromatic rings. The van der Waals surface area contributed by atoms with Crippen molar-refractivity contribution in [3.05, 3.63) is 107 Å². The SMILES string of the molecule is CC(=O)NCCCCCC(=O)NCc1ccc([C@@H]2O[C@H](CN(C)[C@H](C)[C@@H](O)c3ccccc3)C[C@H](c3ccc(CO)cc3)O2)cc1. The molecule has 2 amide bonds. The second kappa shape index (κ2) is 17.9. The van der Waals surface area contributed by atoms with Crippen molar-refractivity contribution in [2.75, 3.05) is 20.1 Å². The molecule has 5 atom stereocenters. The summed E-state index contributed by atoms with van der Waals surface area (Å²) in [5, 5.41) is 26.3. The highest BCUT2D eigenvalue weighted by molar-refractivity contribution is 5.75. The summed E-state index contributed by atoms with van der Waals surface area (Å²) in [5.74, 6) is -0.0211. The molecule has 0 unspecified atom stereocenters. The molecule has 1 aliphatic rings. The van der Waals surface area contributed by atoms with Gasteiger partial charge in [0.2, 0.25) is 11.8 Å². The lowest BCUT2D eigenvalue weighted by Gasteiger charge is -2.39. The standard InChI is InChI=1S/C37H49N3O6/c1-26(36(44)31-10-6-4-7-11-31)40(3)24-33-22-34(30-17-15-29(25-41)16-18-30)46-37(45-33)32-19-13-28(14-20-32)23-39-35(43)12-8-5-9-21-38-27(2)42/h4,6-7,10-11,13-20,26,33-34,36-37,41,44H,5,8-9,12,21-25H2,1-3H3,(H,38,42)(H,39,43)/t26-,33+,34-,36-,37-/m1/s1. The predicted octanol–water partition coefficient (Wildman–Crippen LogP) is 5.09. The van der Waals surface area contributed by atoms with Crippen LogP contribution in [0.5, 0.6) is 0 Å². The van der Waals surface area contributed by atoms with Crippen molar-refractivity contribution >= 4 is 11.8 Å². The molecule has 0 bridgehead atoms. The normalized spacial score (nSPS) is 19.4. The molecule has 3 aromatic carbocycles. The lowest BCUT2D eigenvalue weighted by molar-refractivity contribution is -0.253. The fourth-order valence-electron chi connectivity index (χ4n) is 5.62. The monoisotopic (exact) mass is 631 g/mol. The fraction of sp³-hybridized carbons (Fsp3) is 0.459. The minimum atomic E-state index is -0.633. The summed E-state index contributed by atoms with van der Waals surface area (Å²) in [6.07, 6.45) is 2.04. The van der Waals surface area contributed by atoms with Gasteiger partial charge in [0.15, 0.2) is 6.29 Å². The van der Waals surface area contributed by atoms with E-state index in [9.17, 15) is 19.8 Å². The number of hydrogen-bond donors (Lipinski definition) is 4. The Bertz CT molecular complexity index is 1350. The third kappa shape index (κ3) is 10.7. The van der Waals surface area contributed by atoms with Gasteiger partial charge in [0.05, 0.1) is 24.9 Å². The Balaban J connectivity index is 1.36. The van der Waals surface area contributed by atoms with Gasteiger partial charge in [-0.1, -0.05) is 85.3 Å². The van der Waals surface area contributed by atoms with Crippen LogP contribution in [-0.4, -0.2) is 59.2 Å². The van der Waals surface area contributed by atoms with Crippen molar-refractivity contribution in [2.45, 2.75) is 89.7 Å². The molecule has 0 spiro atoms. The predicted molar refractivity (Wildman–Crippen MR) is 177 cm³/mol. The molecule has 0 aliphatic carbocycles. The van der Waals surface area contributed by atoms with Gasteiger partial charge in [0.25, 0.3) is 0 Å². The van der Waals surface area contributed by atoms with Crippen molar-refractivity contribution < 1.29 is 29.3 Å². The molecule has 1 heterocycles. The van der Waals surface area contributed by atoms with Gasteiger partial charge in [0.1, 0.15) is 0 Å². The van der Waals surface area contributed by atoms with Crippen LogP contribution >= 0.6 is 0 Å². The molecule has 4 N–H and O–H groups in total. The van der Waals surface area contributed by atoms with Crippen LogP contribution in [-0.2, 0) is 32.2 Å². The second-order valence-corrected chi connectivity index (χ2v) is 12.2. The van der Waals surface area contributed by atoms with Crippen LogP contribution in [0.2, 0.25) is 0 Å². The average Bonchev–Trinajstić information content (AvgIpc) is 3.08. The number of carbonyl (C=O) groups is 2. The molecule has 0 saturated carbocycles. The summed E-state index contributed by atoms with van der Waals surface area (Å²) < 4.78 is 13.0. The van der Waals surface area contributed by atoms with Gasteiger partial charge in [-0.2, -0.15) is 0 Å². The molecule has 46 heavy (non-hydrogen) atoms. The molecule has 9 heteroatoms. The van der Waals surface area contributed by atoms with E-state index in [4.69, 9.17) is 9.47 Å². The topological polar surface area (TPSA) is 120 Å². The maximum absolute atomic E-state index is 12.3. The maximum Gasteiger partial charge on any atom is 0.220 e. The van der Waals surface area contributed by atoms with Crippen LogP contribution in [0.1, 0.15) is 92.3 Å². The number of nitrogens with zero attached hydrogens (tertiary/aromatic N) is 1.